The standard InChI is InChI=1S/C10H22.C2H6O3P/c1-3-5-7-9-10-8-6-4-2;1-4-6(3)5-2/h3-10H2,1-2H3;1-2H3/q;+1. The summed E-state index contributed by atoms with van der Waals surface area (Å²) in [5.41, 5.74) is 0. The molecule has 0 heterocycles. The van der Waals surface area contributed by atoms with Crippen LogP contribution in [0.5, 0.6) is 0 Å². The molecule has 0 aliphatic heterocycles. The van der Waals surface area contributed by atoms with Gasteiger partial charge in [0, 0.05) is 4.57 Å². The molecule has 0 aromatic heterocycles. The quantitative estimate of drug-likeness (QED) is 0.423. The van der Waals surface area contributed by atoms with E-state index in [0.29, 0.717) is 0 Å². The van der Waals surface area contributed by atoms with E-state index in [0.717, 1.165) is 0 Å². The summed E-state index contributed by atoms with van der Waals surface area (Å²) < 4.78 is 18.3. The van der Waals surface area contributed by atoms with Gasteiger partial charge in [-0.1, -0.05) is 65.2 Å². The maximum atomic E-state index is 9.88. The van der Waals surface area contributed by atoms with E-state index in [4.69, 9.17) is 0 Å². The molecule has 0 aliphatic rings. The molecule has 0 atom stereocenters. The van der Waals surface area contributed by atoms with Crippen LogP contribution in [0.3, 0.4) is 0 Å². The first-order valence-corrected chi connectivity index (χ1v) is 7.37. The average molecular weight is 251 g/mol. The van der Waals surface area contributed by atoms with Crippen molar-refractivity contribution in [2.75, 3.05) is 14.2 Å². The third-order valence-corrected chi connectivity index (χ3v) is 2.85. The summed E-state index contributed by atoms with van der Waals surface area (Å²) in [5, 5.41) is 0. The van der Waals surface area contributed by atoms with Gasteiger partial charge in [0.05, 0.1) is 14.2 Å². The van der Waals surface area contributed by atoms with Gasteiger partial charge in [0.1, 0.15) is 0 Å². The predicted molar refractivity (Wildman–Crippen MR) is 69.9 cm³/mol. The number of rotatable bonds is 9. The molecule has 0 fully saturated rings. The third kappa shape index (κ3) is 19.6. The minimum absolute atomic E-state index is 1.32. The normalized spacial score (nSPS) is 9.50. The van der Waals surface area contributed by atoms with E-state index in [-0.39, 0.29) is 0 Å². The number of hydrogen-bond donors (Lipinski definition) is 0. The second-order valence-electron chi connectivity index (χ2n) is 3.71. The first-order chi connectivity index (χ1) is 7.72. The Balaban J connectivity index is 0. The van der Waals surface area contributed by atoms with Crippen LogP contribution in [0.4, 0.5) is 0 Å². The second-order valence-corrected chi connectivity index (χ2v) is 4.89. The zero-order valence-electron chi connectivity index (χ0n) is 11.3. The fraction of sp³-hybridized carbons (Fsp3) is 1.00. The van der Waals surface area contributed by atoms with E-state index >= 15 is 0 Å². The number of hydrogen-bond acceptors (Lipinski definition) is 3. The first-order valence-electron chi connectivity index (χ1n) is 6.28. The van der Waals surface area contributed by atoms with Gasteiger partial charge in [-0.15, -0.1) is 9.05 Å². The Morgan fingerprint density at radius 2 is 1.06 bits per heavy atom. The lowest BCUT2D eigenvalue weighted by Gasteiger charge is -1.97. The van der Waals surface area contributed by atoms with Crippen molar-refractivity contribution in [2.45, 2.75) is 65.2 Å². The van der Waals surface area contributed by atoms with Crippen LogP contribution in [0.15, 0.2) is 0 Å². The highest BCUT2D eigenvalue weighted by atomic mass is 31.1. The molecule has 0 bridgehead atoms. The van der Waals surface area contributed by atoms with Gasteiger partial charge in [-0.25, -0.2) is 0 Å². The number of unbranched alkanes of at least 4 members (excludes halogenated alkanes) is 7. The van der Waals surface area contributed by atoms with Gasteiger partial charge < -0.3 is 0 Å². The van der Waals surface area contributed by atoms with Crippen LogP contribution < -0.4 is 0 Å². The van der Waals surface area contributed by atoms with Crippen molar-refractivity contribution in [3.8, 4) is 0 Å². The zero-order valence-corrected chi connectivity index (χ0v) is 12.2. The molecule has 0 amide bonds. The fourth-order valence-electron chi connectivity index (χ4n) is 1.28. The van der Waals surface area contributed by atoms with Crippen molar-refractivity contribution in [3.63, 3.8) is 0 Å². The molecule has 0 rings (SSSR count). The maximum Gasteiger partial charge on any atom is 0.696 e. The summed E-state index contributed by atoms with van der Waals surface area (Å²) >= 11 is 0. The Bertz CT molecular complexity index is 126. The lowest BCUT2D eigenvalue weighted by Crippen LogP contribution is -1.77. The molecule has 0 radical (unpaired) electrons. The monoisotopic (exact) mass is 251 g/mol. The smallest absolute Gasteiger partial charge is 0.122 e. The molecule has 0 spiro atoms. The van der Waals surface area contributed by atoms with Gasteiger partial charge in [-0.05, 0) is 0 Å². The van der Waals surface area contributed by atoms with E-state index < -0.39 is 8.25 Å². The van der Waals surface area contributed by atoms with E-state index in [1.807, 2.05) is 0 Å². The van der Waals surface area contributed by atoms with Crippen LogP contribution in [0.1, 0.15) is 65.2 Å². The summed E-state index contributed by atoms with van der Waals surface area (Å²) in [7, 11) is 0.817. The van der Waals surface area contributed by atoms with Crippen LogP contribution >= 0.6 is 8.25 Å². The van der Waals surface area contributed by atoms with Crippen molar-refractivity contribution in [1.82, 2.24) is 0 Å². The molecule has 0 N–H and O–H groups in total. The van der Waals surface area contributed by atoms with Crippen molar-refractivity contribution < 1.29 is 13.6 Å². The van der Waals surface area contributed by atoms with Crippen LogP contribution in [0, 0.1) is 0 Å². The van der Waals surface area contributed by atoms with Crippen molar-refractivity contribution >= 4 is 8.25 Å². The minimum Gasteiger partial charge on any atom is -0.122 e. The highest BCUT2D eigenvalue weighted by molar-refractivity contribution is 7.33. The molecule has 0 aliphatic carbocycles. The summed E-state index contributed by atoms with van der Waals surface area (Å²) in [6.45, 7) is 4.54. The Kier molecular flexibility index (Phi) is 20.0. The maximum absolute atomic E-state index is 9.88. The van der Waals surface area contributed by atoms with Crippen molar-refractivity contribution in [2.24, 2.45) is 0 Å². The molecule has 0 aromatic carbocycles. The van der Waals surface area contributed by atoms with Gasteiger partial charge in [0.2, 0.25) is 0 Å². The molecule has 16 heavy (non-hydrogen) atoms. The van der Waals surface area contributed by atoms with Crippen LogP contribution in [0.2, 0.25) is 0 Å². The van der Waals surface area contributed by atoms with E-state index in [1.54, 1.807) is 0 Å². The highest BCUT2D eigenvalue weighted by Gasteiger charge is 2.10. The Labute approximate surface area is 102 Å². The van der Waals surface area contributed by atoms with Gasteiger partial charge in [0.25, 0.3) is 0 Å². The zero-order chi connectivity index (χ0) is 12.6. The van der Waals surface area contributed by atoms with Crippen molar-refractivity contribution in [3.05, 3.63) is 0 Å². The molecule has 3 nitrogen and oxygen atoms in total. The average Bonchev–Trinajstić information content (AvgIpc) is 2.33. The summed E-state index contributed by atoms with van der Waals surface area (Å²) in [4.78, 5) is 0. The predicted octanol–water partition coefficient (Wildman–Crippen LogP) is 5.08. The minimum atomic E-state index is -1.83. The first kappa shape index (κ1) is 18.4. The van der Waals surface area contributed by atoms with Crippen LogP contribution in [0.25, 0.3) is 0 Å². The van der Waals surface area contributed by atoms with Crippen molar-refractivity contribution in [1.29, 1.82) is 0 Å². The van der Waals surface area contributed by atoms with E-state index in [1.165, 1.54) is 65.6 Å². The van der Waals surface area contributed by atoms with Gasteiger partial charge in [-0.2, -0.15) is 0 Å². The fourth-order valence-corrected chi connectivity index (χ4v) is 1.43. The van der Waals surface area contributed by atoms with Crippen LogP contribution in [-0.2, 0) is 13.6 Å². The summed E-state index contributed by atoms with van der Waals surface area (Å²) in [6.07, 6.45) is 11.5. The molecule has 0 aromatic rings. The SMILES string of the molecule is CCCCCCCCCC.CO[P+](=O)OC. The second kappa shape index (κ2) is 17.4. The molecule has 98 valence electrons. The highest BCUT2D eigenvalue weighted by Crippen LogP contribution is 2.18. The van der Waals surface area contributed by atoms with Gasteiger partial charge in [0.15, 0.2) is 0 Å². The summed E-state index contributed by atoms with van der Waals surface area (Å²) in [6, 6.07) is 0. The Hall–Kier alpha value is 0.0200. The molecule has 4 heteroatoms. The Morgan fingerprint density at radius 1 is 0.750 bits per heavy atom. The van der Waals surface area contributed by atoms with Crippen LogP contribution in [-0.4, -0.2) is 14.2 Å². The molecular weight excluding hydrogens is 223 g/mol. The largest absolute Gasteiger partial charge is 0.696 e. The molecule has 0 unspecified atom stereocenters. The lowest BCUT2D eigenvalue weighted by molar-refractivity contribution is 0.302. The third-order valence-electron chi connectivity index (χ3n) is 2.26. The van der Waals surface area contributed by atoms with Gasteiger partial charge in [-0.3, -0.25) is 0 Å². The summed E-state index contributed by atoms with van der Waals surface area (Å²) in [5.74, 6) is 0. The van der Waals surface area contributed by atoms with E-state index in [2.05, 4.69) is 22.9 Å². The van der Waals surface area contributed by atoms with E-state index in [9.17, 15) is 4.57 Å². The van der Waals surface area contributed by atoms with Gasteiger partial charge >= 0.3 is 8.25 Å². The molecule has 0 saturated carbocycles. The lowest BCUT2D eigenvalue weighted by atomic mass is 10.1. The Morgan fingerprint density at radius 3 is 1.25 bits per heavy atom. The molecular formula is C12H28O3P+. The topological polar surface area (TPSA) is 35.5 Å². The molecule has 0 saturated heterocycles.